The van der Waals surface area contributed by atoms with Crippen LogP contribution in [0, 0.1) is 6.92 Å². The van der Waals surface area contributed by atoms with E-state index in [9.17, 15) is 0 Å². The highest BCUT2D eigenvalue weighted by atomic mass is 14.7. The lowest BCUT2D eigenvalue weighted by molar-refractivity contribution is 1.41. The molecule has 0 radical (unpaired) electrons. The highest BCUT2D eigenvalue weighted by Gasteiger charge is 2.19. The van der Waals surface area contributed by atoms with Crippen molar-refractivity contribution in [3.8, 4) is 33.5 Å². The molecule has 228 valence electrons. The number of pyridine rings is 1. The molecule has 0 fully saturated rings. The maximum atomic E-state index is 5.59. The van der Waals surface area contributed by atoms with Gasteiger partial charge in [0.1, 0.15) is 0 Å². The minimum absolute atomic E-state index is 0.988. The van der Waals surface area contributed by atoms with Gasteiger partial charge in [-0.15, -0.1) is 0 Å². The molecule has 10 aromatic rings. The zero-order valence-corrected chi connectivity index (χ0v) is 27.1. The quantitative estimate of drug-likeness (QED) is 0.179. The van der Waals surface area contributed by atoms with Crippen LogP contribution in [0.2, 0.25) is 0 Å². The van der Waals surface area contributed by atoms with Crippen LogP contribution in [-0.4, -0.2) is 4.98 Å². The first-order valence-corrected chi connectivity index (χ1v) is 17.0. The summed E-state index contributed by atoms with van der Waals surface area (Å²) in [6.45, 7) is 2.21. The monoisotopic (exact) mass is 621 g/mol. The Morgan fingerprint density at radius 2 is 0.735 bits per heavy atom. The number of rotatable bonds is 3. The maximum Gasteiger partial charge on any atom is 0.0794 e. The zero-order chi connectivity index (χ0) is 32.5. The van der Waals surface area contributed by atoms with Crippen molar-refractivity contribution < 1.29 is 0 Å². The van der Waals surface area contributed by atoms with E-state index in [4.69, 9.17) is 4.98 Å². The number of aryl methyl sites for hydroxylation is 1. The van der Waals surface area contributed by atoms with Crippen LogP contribution in [0.4, 0.5) is 0 Å². The summed E-state index contributed by atoms with van der Waals surface area (Å²) in [6.07, 6.45) is 0. The summed E-state index contributed by atoms with van der Waals surface area (Å²) in [5.41, 5.74) is 9.31. The predicted molar refractivity (Wildman–Crippen MR) is 210 cm³/mol. The van der Waals surface area contributed by atoms with Gasteiger partial charge >= 0.3 is 0 Å². The van der Waals surface area contributed by atoms with Crippen molar-refractivity contribution in [2.24, 2.45) is 0 Å². The summed E-state index contributed by atoms with van der Waals surface area (Å²) in [7, 11) is 0. The molecule has 0 aliphatic rings. The third-order valence-electron chi connectivity index (χ3n) is 10.4. The molecular formula is C48H31N. The minimum atomic E-state index is 0.988. The van der Waals surface area contributed by atoms with Gasteiger partial charge in [0.15, 0.2) is 0 Å². The highest BCUT2D eigenvalue weighted by Crippen LogP contribution is 2.45. The number of fused-ring (bicyclic) bond motifs is 9. The molecule has 0 atom stereocenters. The second kappa shape index (κ2) is 10.9. The van der Waals surface area contributed by atoms with Crippen LogP contribution in [0.25, 0.3) is 98.3 Å². The van der Waals surface area contributed by atoms with E-state index in [2.05, 4.69) is 177 Å². The van der Waals surface area contributed by atoms with Crippen molar-refractivity contribution >= 4 is 64.8 Å². The van der Waals surface area contributed by atoms with Gasteiger partial charge in [0.05, 0.1) is 11.2 Å². The average molecular weight is 622 g/mol. The normalized spacial score (nSPS) is 11.8. The zero-order valence-electron chi connectivity index (χ0n) is 27.1. The molecule has 0 unspecified atom stereocenters. The Morgan fingerprint density at radius 1 is 0.306 bits per heavy atom. The van der Waals surface area contributed by atoms with Gasteiger partial charge in [0.25, 0.3) is 0 Å². The molecule has 0 N–H and O–H groups in total. The lowest BCUT2D eigenvalue weighted by atomic mass is 9.87. The molecule has 0 bridgehead atoms. The molecule has 10 rings (SSSR count). The van der Waals surface area contributed by atoms with E-state index in [1.807, 2.05) is 0 Å². The van der Waals surface area contributed by atoms with Crippen LogP contribution in [-0.2, 0) is 0 Å². The van der Waals surface area contributed by atoms with Crippen molar-refractivity contribution in [3.05, 3.63) is 175 Å². The van der Waals surface area contributed by atoms with Crippen LogP contribution in [0.3, 0.4) is 0 Å². The van der Waals surface area contributed by atoms with E-state index >= 15 is 0 Å². The summed E-state index contributed by atoms with van der Waals surface area (Å²) in [6, 6.07) is 62.0. The van der Waals surface area contributed by atoms with Crippen molar-refractivity contribution in [3.63, 3.8) is 0 Å². The lowest BCUT2D eigenvalue weighted by Gasteiger charge is -2.19. The van der Waals surface area contributed by atoms with Crippen LogP contribution in [0.1, 0.15) is 5.56 Å². The molecule has 1 aromatic heterocycles. The standard InChI is InChI=1S/C48H31N/c1-30-14-2-5-17-33(30)44-29-47(45-27-32-16-4-7-19-35(32)37-21-9-11-23-39(37)45)49-48-41-25-13-12-24-40(41)43(28-46(44)48)42-26-31-15-3-6-18-34(31)36-20-8-10-22-38(36)42/h2-29H,1H3. The first-order chi connectivity index (χ1) is 24.2. The van der Waals surface area contributed by atoms with Crippen LogP contribution in [0.5, 0.6) is 0 Å². The Hall–Kier alpha value is -6.31. The smallest absolute Gasteiger partial charge is 0.0794 e. The van der Waals surface area contributed by atoms with E-state index in [0.717, 1.165) is 27.5 Å². The van der Waals surface area contributed by atoms with E-state index in [1.54, 1.807) is 0 Å². The molecule has 9 aromatic carbocycles. The van der Waals surface area contributed by atoms with Crippen molar-refractivity contribution in [1.29, 1.82) is 0 Å². The van der Waals surface area contributed by atoms with Gasteiger partial charge in [-0.2, -0.15) is 0 Å². The van der Waals surface area contributed by atoms with Gasteiger partial charge in [-0.3, -0.25) is 0 Å². The topological polar surface area (TPSA) is 12.9 Å². The Kier molecular flexibility index (Phi) is 6.16. The van der Waals surface area contributed by atoms with Crippen LogP contribution < -0.4 is 0 Å². The molecule has 0 aliphatic carbocycles. The Morgan fingerprint density at radius 3 is 1.37 bits per heavy atom. The fraction of sp³-hybridized carbons (Fsp3) is 0.0208. The minimum Gasteiger partial charge on any atom is -0.247 e. The summed E-state index contributed by atoms with van der Waals surface area (Å²) in [5, 5.41) is 13.5. The van der Waals surface area contributed by atoms with Crippen LogP contribution >= 0.6 is 0 Å². The predicted octanol–water partition coefficient (Wildman–Crippen LogP) is 13.3. The molecule has 0 aliphatic heterocycles. The Labute approximate surface area is 284 Å². The van der Waals surface area contributed by atoms with Crippen molar-refractivity contribution in [2.45, 2.75) is 6.92 Å². The molecular weight excluding hydrogens is 591 g/mol. The van der Waals surface area contributed by atoms with Gasteiger partial charge in [0.2, 0.25) is 0 Å². The summed E-state index contributed by atoms with van der Waals surface area (Å²) < 4.78 is 0. The second-order valence-corrected chi connectivity index (χ2v) is 13.1. The second-order valence-electron chi connectivity index (χ2n) is 13.1. The first-order valence-electron chi connectivity index (χ1n) is 17.0. The fourth-order valence-electron chi connectivity index (χ4n) is 8.05. The van der Waals surface area contributed by atoms with Gasteiger partial charge in [-0.25, -0.2) is 4.98 Å². The van der Waals surface area contributed by atoms with E-state index in [1.165, 1.54) is 76.3 Å². The van der Waals surface area contributed by atoms with Gasteiger partial charge in [-0.05, 0) is 107 Å². The summed E-state index contributed by atoms with van der Waals surface area (Å²) >= 11 is 0. The molecule has 1 heteroatoms. The van der Waals surface area contributed by atoms with Gasteiger partial charge in [0, 0.05) is 16.3 Å². The SMILES string of the molecule is Cc1ccccc1-c1cc(-c2cc3ccccc3c3ccccc23)nc2c1cc(-c1cc3ccccc3c3ccccc13)c1ccccc12. The Bertz CT molecular complexity index is 2950. The molecule has 49 heavy (non-hydrogen) atoms. The third kappa shape index (κ3) is 4.29. The first kappa shape index (κ1) is 27.8. The molecule has 0 spiro atoms. The molecule has 0 saturated heterocycles. The number of nitrogens with zero attached hydrogens (tertiary/aromatic N) is 1. The van der Waals surface area contributed by atoms with Crippen molar-refractivity contribution in [2.75, 3.05) is 0 Å². The molecule has 0 amide bonds. The van der Waals surface area contributed by atoms with Gasteiger partial charge < -0.3 is 0 Å². The van der Waals surface area contributed by atoms with Gasteiger partial charge in [-0.1, -0.05) is 146 Å². The number of aromatic nitrogens is 1. The molecule has 0 saturated carbocycles. The summed E-state index contributed by atoms with van der Waals surface area (Å²) in [4.78, 5) is 5.59. The largest absolute Gasteiger partial charge is 0.247 e. The van der Waals surface area contributed by atoms with E-state index in [0.29, 0.717) is 0 Å². The average Bonchev–Trinajstić information content (AvgIpc) is 3.17. The fourth-order valence-corrected chi connectivity index (χ4v) is 8.05. The lowest BCUT2D eigenvalue weighted by Crippen LogP contribution is -1.95. The maximum absolute atomic E-state index is 5.59. The van der Waals surface area contributed by atoms with E-state index < -0.39 is 0 Å². The van der Waals surface area contributed by atoms with Crippen LogP contribution in [0.15, 0.2) is 170 Å². The van der Waals surface area contributed by atoms with Crippen molar-refractivity contribution in [1.82, 2.24) is 4.98 Å². The number of hydrogen-bond acceptors (Lipinski definition) is 1. The molecule has 1 heterocycles. The van der Waals surface area contributed by atoms with E-state index in [-0.39, 0.29) is 0 Å². The Balaban J connectivity index is 1.36. The molecule has 1 nitrogen and oxygen atoms in total. The number of hydrogen-bond donors (Lipinski definition) is 0. The number of benzene rings is 9. The third-order valence-corrected chi connectivity index (χ3v) is 10.4. The summed E-state index contributed by atoms with van der Waals surface area (Å²) in [5.74, 6) is 0. The highest BCUT2D eigenvalue weighted by molar-refractivity contribution is 6.22.